The van der Waals surface area contributed by atoms with Crippen molar-refractivity contribution in [2.75, 3.05) is 20.2 Å². The van der Waals surface area contributed by atoms with Gasteiger partial charge in [-0.2, -0.15) is 0 Å². The van der Waals surface area contributed by atoms with Gasteiger partial charge in [0.2, 0.25) is 0 Å². The maximum absolute atomic E-state index is 10.7. The Balaban J connectivity index is 3.73. The van der Waals surface area contributed by atoms with E-state index in [9.17, 15) is 9.59 Å². The van der Waals surface area contributed by atoms with Crippen molar-refractivity contribution in [2.45, 2.75) is 6.92 Å². The van der Waals surface area contributed by atoms with Crippen molar-refractivity contribution in [3.63, 3.8) is 0 Å². The van der Waals surface area contributed by atoms with Crippen molar-refractivity contribution >= 4 is 12.0 Å². The van der Waals surface area contributed by atoms with Crippen LogP contribution in [0, 0.1) is 0 Å². The molecule has 0 aromatic rings. The van der Waals surface area contributed by atoms with Crippen molar-refractivity contribution in [1.82, 2.24) is 10.6 Å². The Labute approximate surface area is 65.1 Å². The van der Waals surface area contributed by atoms with Crippen LogP contribution < -0.4 is 5.73 Å². The van der Waals surface area contributed by atoms with Gasteiger partial charge in [0.15, 0.2) is 0 Å². The molecule has 0 aliphatic heterocycles. The summed E-state index contributed by atoms with van der Waals surface area (Å²) in [6, 6.07) is 0. The summed E-state index contributed by atoms with van der Waals surface area (Å²) in [6.45, 7) is 1.72. The summed E-state index contributed by atoms with van der Waals surface area (Å²) < 4.78 is 4.56. The maximum Gasteiger partial charge on any atom is 0.409 e. The lowest BCUT2D eigenvalue weighted by molar-refractivity contribution is -0.119. The topological polar surface area (TPSA) is 70.4 Å². The Kier molecular flexibility index (Phi) is 4.02. The number of nitrogens with one attached hydrogen (secondary N) is 1. The van der Waals surface area contributed by atoms with Crippen molar-refractivity contribution in [2.24, 2.45) is 0 Å². The minimum Gasteiger partial charge on any atom is -0.450 e. The van der Waals surface area contributed by atoms with Gasteiger partial charge in [-0.3, -0.25) is 10.5 Å². The fourth-order valence-electron chi connectivity index (χ4n) is 0.514. The molecule has 0 aromatic heterocycles. The fourth-order valence-corrected chi connectivity index (χ4v) is 0.514. The van der Waals surface area contributed by atoms with Crippen LogP contribution in [-0.4, -0.2) is 37.1 Å². The summed E-state index contributed by atoms with van der Waals surface area (Å²) in [7, 11) is 1.41. The van der Waals surface area contributed by atoms with Crippen LogP contribution >= 0.6 is 0 Å². The highest BCUT2D eigenvalue weighted by Gasteiger charge is 2.10. The first-order chi connectivity index (χ1) is 5.07. The van der Waals surface area contributed by atoms with Gasteiger partial charge in [-0.1, -0.05) is 0 Å². The van der Waals surface area contributed by atoms with E-state index in [0.717, 1.165) is 4.90 Å². The first-order valence-corrected chi connectivity index (χ1v) is 3.20. The smallest absolute Gasteiger partial charge is 0.409 e. The predicted molar refractivity (Wildman–Crippen MR) is 37.8 cm³/mol. The average molecular weight is 159 g/mol. The Morgan fingerprint density at radius 3 is 2.45 bits per heavy atom. The van der Waals surface area contributed by atoms with Crippen molar-refractivity contribution < 1.29 is 14.3 Å². The number of amides is 2. The predicted octanol–water partition coefficient (Wildman–Crippen LogP) is -0.116. The zero-order valence-electron chi connectivity index (χ0n) is 6.59. The summed E-state index contributed by atoms with van der Waals surface area (Å²) in [5.74, 6) is -0.805. The monoisotopic (exact) mass is 159 g/mol. The van der Waals surface area contributed by atoms with Crippen LogP contribution in [-0.2, 0) is 9.53 Å². The average Bonchev–Trinajstić information content (AvgIpc) is 1.86. The van der Waals surface area contributed by atoms with Gasteiger partial charge >= 0.3 is 6.09 Å². The Morgan fingerprint density at radius 2 is 2.09 bits per heavy atom. The van der Waals surface area contributed by atoms with E-state index in [-0.39, 0.29) is 13.2 Å². The molecular weight excluding hydrogens is 148 g/mol. The summed E-state index contributed by atoms with van der Waals surface area (Å²) in [6.07, 6.45) is -0.576. The molecule has 1 N–H and O–H groups in total. The Hall–Kier alpha value is -1.26. The summed E-state index contributed by atoms with van der Waals surface area (Å²) in [5, 5.41) is 0. The van der Waals surface area contributed by atoms with E-state index >= 15 is 0 Å². The first kappa shape index (κ1) is 9.74. The second kappa shape index (κ2) is 4.54. The molecule has 0 bridgehead atoms. The molecule has 0 rings (SSSR count). The molecule has 0 aliphatic carbocycles. The Morgan fingerprint density at radius 1 is 1.55 bits per heavy atom. The lowest BCUT2D eigenvalue weighted by atomic mass is 10.6. The second-order valence-corrected chi connectivity index (χ2v) is 1.98. The molecule has 1 radical (unpaired) electrons. The number of ether oxygens (including phenoxy) is 1. The SMILES string of the molecule is CCOC(=O)N(C)CC([NH])=O. The number of nitrogens with zero attached hydrogens (tertiary/aromatic N) is 1. The largest absolute Gasteiger partial charge is 0.450 e. The Bertz CT molecular complexity index is 158. The molecule has 0 aliphatic rings. The lowest BCUT2D eigenvalue weighted by Crippen LogP contribution is -2.32. The molecule has 5 nitrogen and oxygen atoms in total. The minimum absolute atomic E-state index is 0.223. The van der Waals surface area contributed by atoms with Crippen LogP contribution in [0.2, 0.25) is 0 Å². The molecule has 0 saturated heterocycles. The number of rotatable bonds is 3. The second-order valence-electron chi connectivity index (χ2n) is 1.98. The van der Waals surface area contributed by atoms with Gasteiger partial charge < -0.3 is 9.64 Å². The van der Waals surface area contributed by atoms with E-state index in [1.54, 1.807) is 6.92 Å². The molecule has 0 saturated carbocycles. The third-order valence-corrected chi connectivity index (χ3v) is 0.960. The fraction of sp³-hybridized carbons (Fsp3) is 0.667. The number of carbonyl (C=O) groups is 2. The molecule has 0 aromatic carbocycles. The van der Waals surface area contributed by atoms with Crippen LogP contribution in [0.1, 0.15) is 6.92 Å². The number of hydrogen-bond donors (Lipinski definition) is 0. The van der Waals surface area contributed by atoms with Gasteiger partial charge in [0.05, 0.1) is 6.61 Å². The zero-order chi connectivity index (χ0) is 8.85. The first-order valence-electron chi connectivity index (χ1n) is 3.20. The van der Waals surface area contributed by atoms with Crippen LogP contribution in [0.5, 0.6) is 0 Å². The molecule has 0 unspecified atom stereocenters. The number of hydrogen-bond acceptors (Lipinski definition) is 3. The van der Waals surface area contributed by atoms with Gasteiger partial charge in [-0.05, 0) is 6.92 Å². The number of carbonyl (C=O) groups excluding carboxylic acids is 2. The van der Waals surface area contributed by atoms with Gasteiger partial charge in [0.25, 0.3) is 5.91 Å². The van der Waals surface area contributed by atoms with Gasteiger partial charge in [-0.15, -0.1) is 0 Å². The van der Waals surface area contributed by atoms with E-state index in [1.807, 2.05) is 0 Å². The van der Waals surface area contributed by atoms with Gasteiger partial charge in [0.1, 0.15) is 6.54 Å². The van der Waals surface area contributed by atoms with Crippen LogP contribution in [0.4, 0.5) is 4.79 Å². The molecule has 2 amide bonds. The van der Waals surface area contributed by atoms with Gasteiger partial charge in [-0.25, -0.2) is 4.79 Å². The summed E-state index contributed by atoms with van der Waals surface area (Å²) in [5.41, 5.74) is 6.55. The maximum atomic E-state index is 10.7. The van der Waals surface area contributed by atoms with E-state index in [0.29, 0.717) is 0 Å². The van der Waals surface area contributed by atoms with Crippen molar-refractivity contribution in [3.05, 3.63) is 0 Å². The third-order valence-electron chi connectivity index (χ3n) is 0.960. The van der Waals surface area contributed by atoms with Crippen molar-refractivity contribution in [1.29, 1.82) is 0 Å². The van der Waals surface area contributed by atoms with E-state index < -0.39 is 12.0 Å². The highest BCUT2D eigenvalue weighted by atomic mass is 16.6. The normalized spacial score (nSPS) is 8.91. The van der Waals surface area contributed by atoms with E-state index in [1.165, 1.54) is 7.05 Å². The quantitative estimate of drug-likeness (QED) is 0.576. The molecule has 5 heteroatoms. The molecule has 0 atom stereocenters. The molecule has 0 fully saturated rings. The number of likely N-dealkylation sites (N-methyl/N-ethyl adjacent to an activating group) is 1. The molecule has 0 heterocycles. The summed E-state index contributed by atoms with van der Waals surface area (Å²) in [4.78, 5) is 22.0. The van der Waals surface area contributed by atoms with E-state index in [4.69, 9.17) is 5.73 Å². The zero-order valence-corrected chi connectivity index (χ0v) is 6.59. The van der Waals surface area contributed by atoms with Gasteiger partial charge in [0, 0.05) is 7.05 Å². The van der Waals surface area contributed by atoms with Crippen molar-refractivity contribution in [3.8, 4) is 0 Å². The van der Waals surface area contributed by atoms with Crippen LogP contribution in [0.25, 0.3) is 0 Å². The molecule has 0 spiro atoms. The summed E-state index contributed by atoms with van der Waals surface area (Å²) >= 11 is 0. The van der Waals surface area contributed by atoms with Crippen LogP contribution in [0.15, 0.2) is 0 Å². The van der Waals surface area contributed by atoms with Crippen LogP contribution in [0.3, 0.4) is 0 Å². The minimum atomic E-state index is -0.805. The highest BCUT2D eigenvalue weighted by Crippen LogP contribution is 1.88. The molecular formula is C6H11N2O3. The molecule has 11 heavy (non-hydrogen) atoms. The highest BCUT2D eigenvalue weighted by molar-refractivity contribution is 5.79. The van der Waals surface area contributed by atoms with E-state index in [2.05, 4.69) is 4.74 Å². The third kappa shape index (κ3) is 4.19. The molecule has 63 valence electrons. The lowest BCUT2D eigenvalue weighted by Gasteiger charge is -2.13. The standard InChI is InChI=1S/C6H11N2O3/c1-3-11-6(10)8(2)4-5(7)9/h7H,3-4H2,1-2H3.